The van der Waals surface area contributed by atoms with E-state index in [2.05, 4.69) is 0 Å². The number of aliphatic carboxylic acids is 1. The van der Waals surface area contributed by atoms with Gasteiger partial charge in [-0.1, -0.05) is 32.1 Å². The van der Waals surface area contributed by atoms with Crippen LogP contribution in [0.25, 0.3) is 0 Å². The summed E-state index contributed by atoms with van der Waals surface area (Å²) in [5.74, 6) is -1.15. The summed E-state index contributed by atoms with van der Waals surface area (Å²) in [5, 5.41) is 8.88. The highest BCUT2D eigenvalue weighted by Crippen LogP contribution is 2.28. The minimum atomic E-state index is -1.03. The van der Waals surface area contributed by atoms with E-state index in [-0.39, 0.29) is 0 Å². The number of ether oxygens (including phenoxy) is 1. The third-order valence-electron chi connectivity index (χ3n) is 2.86. The van der Waals surface area contributed by atoms with E-state index < -0.39 is 18.0 Å². The summed E-state index contributed by atoms with van der Waals surface area (Å²) in [5.41, 5.74) is 0. The molecule has 0 aromatic rings. The molecule has 0 spiro atoms. The molecule has 0 radical (unpaired) electrons. The minimum absolute atomic E-state index is 0.402. The second kappa shape index (κ2) is 5.73. The summed E-state index contributed by atoms with van der Waals surface area (Å²) in [4.78, 5) is 21.5. The summed E-state index contributed by atoms with van der Waals surface area (Å²) in [6, 6.07) is 0. The summed E-state index contributed by atoms with van der Waals surface area (Å²) >= 11 is 0. The second-order valence-corrected chi connectivity index (χ2v) is 4.18. The van der Waals surface area contributed by atoms with E-state index in [4.69, 9.17) is 9.84 Å². The van der Waals surface area contributed by atoms with Crippen LogP contribution in [-0.4, -0.2) is 23.1 Å². The number of rotatable bonds is 4. The first-order valence-electron chi connectivity index (χ1n) is 5.49. The van der Waals surface area contributed by atoms with Crippen molar-refractivity contribution in [2.75, 3.05) is 0 Å². The summed E-state index contributed by atoms with van der Waals surface area (Å²) < 4.78 is 4.78. The second-order valence-electron chi connectivity index (χ2n) is 4.18. The van der Waals surface area contributed by atoms with Crippen LogP contribution >= 0.6 is 0 Å². The van der Waals surface area contributed by atoms with Gasteiger partial charge in [0.05, 0.1) is 0 Å². The highest BCUT2D eigenvalue weighted by Gasteiger charge is 2.26. The molecule has 1 N–H and O–H groups in total. The van der Waals surface area contributed by atoms with Crippen LogP contribution < -0.4 is 0 Å². The average Bonchev–Trinajstić information content (AvgIpc) is 2.17. The largest absolute Gasteiger partial charge is 0.479 e. The Labute approximate surface area is 89.6 Å². The Kier molecular flexibility index (Phi) is 4.59. The minimum Gasteiger partial charge on any atom is -0.479 e. The fourth-order valence-electron chi connectivity index (χ4n) is 2.13. The Morgan fingerprint density at radius 1 is 1.33 bits per heavy atom. The molecule has 0 saturated heterocycles. The Bertz CT molecular complexity index is 231. The average molecular weight is 214 g/mol. The third kappa shape index (κ3) is 4.32. The van der Waals surface area contributed by atoms with Crippen LogP contribution in [0.15, 0.2) is 0 Å². The normalized spacial score (nSPS) is 19.5. The zero-order valence-electron chi connectivity index (χ0n) is 9.07. The van der Waals surface area contributed by atoms with Crippen LogP contribution in [0.2, 0.25) is 0 Å². The molecule has 0 heterocycles. The molecule has 1 aliphatic carbocycles. The van der Waals surface area contributed by atoms with Crippen LogP contribution in [0, 0.1) is 5.92 Å². The van der Waals surface area contributed by atoms with Crippen molar-refractivity contribution < 1.29 is 19.4 Å². The van der Waals surface area contributed by atoms with E-state index in [1.54, 1.807) is 0 Å². The van der Waals surface area contributed by atoms with Gasteiger partial charge in [-0.05, 0) is 12.3 Å². The van der Waals surface area contributed by atoms with Crippen LogP contribution in [0.1, 0.15) is 45.4 Å². The monoisotopic (exact) mass is 214 g/mol. The van der Waals surface area contributed by atoms with Crippen molar-refractivity contribution in [1.82, 2.24) is 0 Å². The lowest BCUT2D eigenvalue weighted by Gasteiger charge is -2.24. The molecule has 86 valence electrons. The van der Waals surface area contributed by atoms with Gasteiger partial charge in [-0.25, -0.2) is 4.79 Å². The zero-order chi connectivity index (χ0) is 11.3. The molecule has 0 aromatic heterocycles. The lowest BCUT2D eigenvalue weighted by Crippen LogP contribution is -2.29. The molecule has 15 heavy (non-hydrogen) atoms. The summed E-state index contributed by atoms with van der Waals surface area (Å²) in [6.45, 7) is 1.25. The summed E-state index contributed by atoms with van der Waals surface area (Å²) in [6.07, 6.45) is 5.20. The number of esters is 1. The van der Waals surface area contributed by atoms with Crippen molar-refractivity contribution >= 4 is 11.9 Å². The molecule has 0 amide bonds. The maximum atomic E-state index is 10.8. The first-order chi connectivity index (χ1) is 7.09. The lowest BCUT2D eigenvalue weighted by atomic mass is 9.85. The number of carboxylic acid groups (broad SMARTS) is 1. The molecule has 1 aliphatic rings. The van der Waals surface area contributed by atoms with E-state index in [9.17, 15) is 9.59 Å². The molecule has 1 rings (SSSR count). The Balaban J connectivity index is 2.42. The van der Waals surface area contributed by atoms with Crippen molar-refractivity contribution in [3.63, 3.8) is 0 Å². The highest BCUT2D eigenvalue weighted by molar-refractivity contribution is 5.76. The van der Waals surface area contributed by atoms with Gasteiger partial charge >= 0.3 is 11.9 Å². The molecule has 0 bridgehead atoms. The molecule has 4 heteroatoms. The van der Waals surface area contributed by atoms with Gasteiger partial charge in [0.1, 0.15) is 0 Å². The van der Waals surface area contributed by atoms with Crippen molar-refractivity contribution in [3.8, 4) is 0 Å². The fourth-order valence-corrected chi connectivity index (χ4v) is 2.13. The predicted molar refractivity (Wildman–Crippen MR) is 54.4 cm³/mol. The molecule has 0 unspecified atom stereocenters. The number of carbonyl (C=O) groups is 2. The van der Waals surface area contributed by atoms with Gasteiger partial charge in [-0.3, -0.25) is 4.79 Å². The molecular weight excluding hydrogens is 196 g/mol. The number of hydrogen-bond acceptors (Lipinski definition) is 3. The first-order valence-corrected chi connectivity index (χ1v) is 5.49. The number of carbonyl (C=O) groups excluding carboxylic acids is 1. The maximum absolute atomic E-state index is 10.8. The molecule has 0 aromatic carbocycles. The molecule has 1 fully saturated rings. The Morgan fingerprint density at radius 3 is 2.40 bits per heavy atom. The Hall–Kier alpha value is -1.06. The lowest BCUT2D eigenvalue weighted by molar-refractivity contribution is -0.163. The topological polar surface area (TPSA) is 63.6 Å². The molecule has 1 saturated carbocycles. The third-order valence-corrected chi connectivity index (χ3v) is 2.86. The molecule has 1 atom stereocenters. The first kappa shape index (κ1) is 12.0. The Morgan fingerprint density at radius 2 is 1.93 bits per heavy atom. The van der Waals surface area contributed by atoms with Crippen molar-refractivity contribution in [1.29, 1.82) is 0 Å². The van der Waals surface area contributed by atoms with E-state index in [0.29, 0.717) is 12.3 Å². The van der Waals surface area contributed by atoms with Gasteiger partial charge in [0.2, 0.25) is 0 Å². The standard InChI is InChI=1S/C11H18O4/c1-8(12)15-10(11(13)14)7-9-5-3-2-4-6-9/h9-10H,2-7H2,1H3,(H,13,14)/t10-/m0/s1. The van der Waals surface area contributed by atoms with E-state index in [0.717, 1.165) is 25.7 Å². The van der Waals surface area contributed by atoms with Crippen molar-refractivity contribution in [2.24, 2.45) is 5.92 Å². The number of carboxylic acids is 1. The highest BCUT2D eigenvalue weighted by atomic mass is 16.6. The van der Waals surface area contributed by atoms with Crippen molar-refractivity contribution in [2.45, 2.75) is 51.6 Å². The smallest absolute Gasteiger partial charge is 0.345 e. The quantitative estimate of drug-likeness (QED) is 0.727. The van der Waals surface area contributed by atoms with E-state index in [1.807, 2.05) is 0 Å². The number of hydrogen-bond donors (Lipinski definition) is 1. The molecule has 0 aliphatic heterocycles. The van der Waals surface area contributed by atoms with Gasteiger partial charge in [0.25, 0.3) is 0 Å². The van der Waals surface area contributed by atoms with Gasteiger partial charge < -0.3 is 9.84 Å². The van der Waals surface area contributed by atoms with Gasteiger partial charge in [0.15, 0.2) is 6.10 Å². The molecular formula is C11H18O4. The van der Waals surface area contributed by atoms with Gasteiger partial charge in [-0.15, -0.1) is 0 Å². The van der Waals surface area contributed by atoms with Crippen LogP contribution in [0.5, 0.6) is 0 Å². The zero-order valence-corrected chi connectivity index (χ0v) is 9.07. The predicted octanol–water partition coefficient (Wildman–Crippen LogP) is 1.97. The van der Waals surface area contributed by atoms with Crippen LogP contribution in [-0.2, 0) is 14.3 Å². The van der Waals surface area contributed by atoms with Gasteiger partial charge in [-0.2, -0.15) is 0 Å². The maximum Gasteiger partial charge on any atom is 0.345 e. The molecule has 4 nitrogen and oxygen atoms in total. The van der Waals surface area contributed by atoms with Crippen LogP contribution in [0.3, 0.4) is 0 Å². The fraction of sp³-hybridized carbons (Fsp3) is 0.818. The van der Waals surface area contributed by atoms with Gasteiger partial charge in [0, 0.05) is 6.92 Å². The van der Waals surface area contributed by atoms with Crippen molar-refractivity contribution in [3.05, 3.63) is 0 Å². The van der Waals surface area contributed by atoms with E-state index >= 15 is 0 Å². The van der Waals surface area contributed by atoms with Crippen LogP contribution in [0.4, 0.5) is 0 Å². The SMILES string of the molecule is CC(=O)O[C@@H](CC1CCCCC1)C(=O)O. The van der Waals surface area contributed by atoms with E-state index in [1.165, 1.54) is 13.3 Å². The summed E-state index contributed by atoms with van der Waals surface area (Å²) in [7, 11) is 0.